The minimum absolute atomic E-state index is 0.146. The van der Waals surface area contributed by atoms with E-state index in [1.165, 1.54) is 4.68 Å². The summed E-state index contributed by atoms with van der Waals surface area (Å²) < 4.78 is 3.16. The number of aryl methyl sites for hydroxylation is 1. The van der Waals surface area contributed by atoms with Crippen molar-refractivity contribution >= 4 is 0 Å². The van der Waals surface area contributed by atoms with Crippen LogP contribution >= 0.6 is 0 Å². The van der Waals surface area contributed by atoms with Gasteiger partial charge in [0.25, 0.3) is 0 Å². The average Bonchev–Trinajstić information content (AvgIpc) is 3.46. The Labute approximate surface area is 185 Å². The van der Waals surface area contributed by atoms with Gasteiger partial charge in [-0.25, -0.2) is 14.6 Å². The highest BCUT2D eigenvalue weighted by Gasteiger charge is 2.14. The second-order valence-electron chi connectivity index (χ2n) is 7.23. The summed E-state index contributed by atoms with van der Waals surface area (Å²) in [4.78, 5) is 12.9. The molecule has 4 rings (SSSR count). The van der Waals surface area contributed by atoms with Crippen LogP contribution in [0.2, 0.25) is 0 Å². The summed E-state index contributed by atoms with van der Waals surface area (Å²) in [6.45, 7) is 2.80. The highest BCUT2D eigenvalue weighted by molar-refractivity contribution is 5.80. The molecule has 4 aromatic rings. The first-order valence-corrected chi connectivity index (χ1v) is 10.3. The summed E-state index contributed by atoms with van der Waals surface area (Å²) in [6.07, 6.45) is 10.3. The smallest absolute Gasteiger partial charge is 0.274 e. The molecule has 2 aromatic heterocycles. The number of nitrogens with zero attached hydrogens (tertiary/aromatic N) is 6. The molecule has 0 aliphatic carbocycles. The number of tetrazole rings is 1. The van der Waals surface area contributed by atoms with Crippen molar-refractivity contribution in [1.82, 2.24) is 35.0 Å². The fraction of sp³-hybridized carbons (Fsp3) is 0.208. The minimum Gasteiger partial charge on any atom is -0.274 e. The molecule has 8 nitrogen and oxygen atoms in total. The van der Waals surface area contributed by atoms with Crippen molar-refractivity contribution in [3.05, 3.63) is 82.6 Å². The zero-order valence-electron chi connectivity index (χ0n) is 17.8. The normalized spacial score (nSPS) is 11.1. The number of nitrogens with one attached hydrogen (secondary N) is 1. The highest BCUT2D eigenvalue weighted by atomic mass is 16.2. The van der Waals surface area contributed by atoms with Crippen LogP contribution in [0.25, 0.3) is 22.5 Å². The van der Waals surface area contributed by atoms with Gasteiger partial charge in [-0.1, -0.05) is 60.7 Å². The van der Waals surface area contributed by atoms with E-state index in [4.69, 9.17) is 6.42 Å². The minimum atomic E-state index is -0.146. The number of benzene rings is 2. The van der Waals surface area contributed by atoms with Gasteiger partial charge in [0.1, 0.15) is 5.82 Å². The molecule has 0 spiro atoms. The quantitative estimate of drug-likeness (QED) is 0.346. The van der Waals surface area contributed by atoms with Crippen LogP contribution in [-0.4, -0.2) is 35.0 Å². The standard InChI is InChI=1S/C24H23N7O/c1-3-5-11-22-27-31(16-6-4-2)24(32)30(22)17-18-12-14-19(15-13-18)20-9-7-8-10-21(20)23-25-28-29-26-23/h2-3,5,7-10,12-15H,6,11,16-17H2,1H3,(H,25,26,28,29)/b5-3+. The van der Waals surface area contributed by atoms with Gasteiger partial charge in [-0.3, -0.25) is 4.57 Å². The Hall–Kier alpha value is -4.25. The van der Waals surface area contributed by atoms with Crippen molar-refractivity contribution in [2.75, 3.05) is 0 Å². The second kappa shape index (κ2) is 9.71. The highest BCUT2D eigenvalue weighted by Crippen LogP contribution is 2.29. The lowest BCUT2D eigenvalue weighted by Gasteiger charge is -2.09. The van der Waals surface area contributed by atoms with Crippen LogP contribution in [0.15, 0.2) is 65.5 Å². The Balaban J connectivity index is 1.62. The summed E-state index contributed by atoms with van der Waals surface area (Å²) in [6, 6.07) is 16.1. The predicted octanol–water partition coefficient (Wildman–Crippen LogP) is 3.08. The largest absolute Gasteiger partial charge is 0.346 e. The van der Waals surface area contributed by atoms with Gasteiger partial charge in [-0.2, -0.15) is 5.10 Å². The van der Waals surface area contributed by atoms with Crippen LogP contribution in [0, 0.1) is 12.3 Å². The van der Waals surface area contributed by atoms with Gasteiger partial charge >= 0.3 is 5.69 Å². The molecule has 0 saturated heterocycles. The molecule has 0 atom stereocenters. The van der Waals surface area contributed by atoms with Crippen LogP contribution in [0.3, 0.4) is 0 Å². The van der Waals surface area contributed by atoms with Crippen molar-refractivity contribution in [2.24, 2.45) is 0 Å². The molecule has 1 N–H and O–H groups in total. The lowest BCUT2D eigenvalue weighted by molar-refractivity contribution is 0.592. The molecule has 160 valence electrons. The van der Waals surface area contributed by atoms with Crippen LogP contribution in [0.5, 0.6) is 0 Å². The van der Waals surface area contributed by atoms with E-state index in [1.54, 1.807) is 4.57 Å². The molecule has 0 bridgehead atoms. The second-order valence-corrected chi connectivity index (χ2v) is 7.23. The van der Waals surface area contributed by atoms with Crippen LogP contribution in [-0.2, 0) is 19.5 Å². The van der Waals surface area contributed by atoms with E-state index in [0.717, 1.165) is 28.1 Å². The maximum atomic E-state index is 12.9. The van der Waals surface area contributed by atoms with Gasteiger partial charge in [0.05, 0.1) is 13.1 Å². The van der Waals surface area contributed by atoms with Gasteiger partial charge in [0.2, 0.25) is 0 Å². The van der Waals surface area contributed by atoms with E-state index in [0.29, 0.717) is 31.8 Å². The van der Waals surface area contributed by atoms with Gasteiger partial charge in [-0.15, -0.1) is 17.4 Å². The topological polar surface area (TPSA) is 94.3 Å². The number of rotatable bonds is 8. The predicted molar refractivity (Wildman–Crippen MR) is 123 cm³/mol. The lowest BCUT2D eigenvalue weighted by atomic mass is 9.98. The zero-order chi connectivity index (χ0) is 22.3. The molecule has 0 aliphatic rings. The number of terminal acetylenes is 1. The Kier molecular flexibility index (Phi) is 6.37. The number of aromatic nitrogens is 7. The summed E-state index contributed by atoms with van der Waals surface area (Å²) in [7, 11) is 0. The maximum absolute atomic E-state index is 12.9. The third-order valence-corrected chi connectivity index (χ3v) is 5.14. The Morgan fingerprint density at radius 1 is 1.12 bits per heavy atom. The molecular formula is C24H23N7O. The monoisotopic (exact) mass is 425 g/mol. The van der Waals surface area contributed by atoms with Crippen molar-refractivity contribution in [3.8, 4) is 34.9 Å². The molecule has 0 radical (unpaired) electrons. The van der Waals surface area contributed by atoms with Crippen molar-refractivity contribution in [3.63, 3.8) is 0 Å². The van der Waals surface area contributed by atoms with Crippen molar-refractivity contribution in [2.45, 2.75) is 32.9 Å². The van der Waals surface area contributed by atoms with Crippen molar-refractivity contribution < 1.29 is 0 Å². The average molecular weight is 425 g/mol. The van der Waals surface area contributed by atoms with E-state index >= 15 is 0 Å². The SMILES string of the molecule is C#CCCn1nc(C/C=C/C)n(Cc2ccc(-c3ccccc3-c3nnn[nH]3)cc2)c1=O. The Morgan fingerprint density at radius 2 is 1.91 bits per heavy atom. The van der Waals surface area contributed by atoms with Gasteiger partial charge < -0.3 is 0 Å². The zero-order valence-corrected chi connectivity index (χ0v) is 17.8. The van der Waals surface area contributed by atoms with Gasteiger partial charge in [0.15, 0.2) is 5.82 Å². The molecule has 32 heavy (non-hydrogen) atoms. The number of H-pyrrole nitrogens is 1. The van der Waals surface area contributed by atoms with Crippen LogP contribution in [0.1, 0.15) is 24.7 Å². The first-order chi connectivity index (χ1) is 15.7. The fourth-order valence-electron chi connectivity index (χ4n) is 3.52. The van der Waals surface area contributed by atoms with E-state index in [-0.39, 0.29) is 5.69 Å². The van der Waals surface area contributed by atoms with Gasteiger partial charge in [0, 0.05) is 18.4 Å². The van der Waals surface area contributed by atoms with Crippen LogP contribution < -0.4 is 5.69 Å². The number of allylic oxidation sites excluding steroid dienone is 2. The number of hydrogen-bond donors (Lipinski definition) is 1. The molecule has 0 aliphatic heterocycles. The fourth-order valence-corrected chi connectivity index (χ4v) is 3.52. The number of aromatic amines is 1. The molecule has 2 aromatic carbocycles. The third kappa shape index (κ3) is 4.42. The number of hydrogen-bond acceptors (Lipinski definition) is 5. The first kappa shape index (κ1) is 21.0. The molecule has 8 heteroatoms. The Morgan fingerprint density at radius 3 is 2.59 bits per heavy atom. The van der Waals surface area contributed by atoms with E-state index in [1.807, 2.05) is 67.6 Å². The summed E-state index contributed by atoms with van der Waals surface area (Å²) in [5.41, 5.74) is 3.84. The lowest BCUT2D eigenvalue weighted by Crippen LogP contribution is -2.26. The molecule has 0 amide bonds. The first-order valence-electron chi connectivity index (χ1n) is 10.3. The summed E-state index contributed by atoms with van der Waals surface area (Å²) in [5.74, 6) is 3.90. The summed E-state index contributed by atoms with van der Waals surface area (Å²) in [5, 5.41) is 18.7. The van der Waals surface area contributed by atoms with E-state index in [2.05, 4.69) is 31.6 Å². The van der Waals surface area contributed by atoms with E-state index in [9.17, 15) is 4.79 Å². The molecule has 0 fully saturated rings. The Bertz CT molecular complexity index is 1310. The third-order valence-electron chi connectivity index (χ3n) is 5.14. The van der Waals surface area contributed by atoms with E-state index < -0.39 is 0 Å². The molecule has 0 saturated carbocycles. The maximum Gasteiger partial charge on any atom is 0.346 e. The molecular weight excluding hydrogens is 402 g/mol. The molecule has 2 heterocycles. The summed E-state index contributed by atoms with van der Waals surface area (Å²) >= 11 is 0. The van der Waals surface area contributed by atoms with Gasteiger partial charge in [-0.05, 0) is 34.0 Å². The van der Waals surface area contributed by atoms with Crippen LogP contribution in [0.4, 0.5) is 0 Å². The molecule has 0 unspecified atom stereocenters. The van der Waals surface area contributed by atoms with Crippen molar-refractivity contribution in [1.29, 1.82) is 0 Å².